The summed E-state index contributed by atoms with van der Waals surface area (Å²) in [5.41, 5.74) is 2.17. The van der Waals surface area contributed by atoms with E-state index >= 15 is 0 Å². The van der Waals surface area contributed by atoms with Gasteiger partial charge >= 0.3 is 0 Å². The number of hydrogen-bond acceptors (Lipinski definition) is 5. The van der Waals surface area contributed by atoms with Crippen LogP contribution in [-0.4, -0.2) is 20.3 Å². The Bertz CT molecular complexity index is 427. The highest BCUT2D eigenvalue weighted by Gasteiger charge is 2.07. The lowest BCUT2D eigenvalue weighted by Gasteiger charge is -2.03. The minimum atomic E-state index is 0.788. The molecule has 2 rings (SSSR count). The zero-order chi connectivity index (χ0) is 11.2. The molecule has 0 unspecified atom stereocenters. The Kier molecular flexibility index (Phi) is 3.82. The first kappa shape index (κ1) is 11.0. The molecular weight excluding hydrogens is 220 g/mol. The predicted molar refractivity (Wildman–Crippen MR) is 65.7 cm³/mol. The molecule has 2 heterocycles. The standard InChI is InChI=1S/C11H14N4S/c1-2-5-13-11-10(14-16-15-11)7-9-4-3-6-12-8-9/h3-4,6,8H,2,5,7H2,1H3,(H,13,15). The van der Waals surface area contributed by atoms with Gasteiger partial charge in [-0.2, -0.15) is 8.75 Å². The van der Waals surface area contributed by atoms with Crippen molar-refractivity contribution >= 4 is 17.5 Å². The van der Waals surface area contributed by atoms with Gasteiger partial charge in [0.25, 0.3) is 0 Å². The summed E-state index contributed by atoms with van der Waals surface area (Å²) in [6.45, 7) is 3.07. The Morgan fingerprint density at radius 2 is 2.31 bits per heavy atom. The van der Waals surface area contributed by atoms with E-state index in [2.05, 4.69) is 32.0 Å². The number of hydrogen-bond donors (Lipinski definition) is 1. The van der Waals surface area contributed by atoms with Gasteiger partial charge in [-0.15, -0.1) is 0 Å². The van der Waals surface area contributed by atoms with Crippen LogP contribution in [0.25, 0.3) is 0 Å². The van der Waals surface area contributed by atoms with Crippen LogP contribution < -0.4 is 5.32 Å². The van der Waals surface area contributed by atoms with Gasteiger partial charge in [-0.3, -0.25) is 4.98 Å². The Hall–Kier alpha value is -1.49. The van der Waals surface area contributed by atoms with Crippen molar-refractivity contribution in [3.8, 4) is 0 Å². The van der Waals surface area contributed by atoms with Gasteiger partial charge in [-0.25, -0.2) is 0 Å². The van der Waals surface area contributed by atoms with Crippen LogP contribution >= 0.6 is 11.7 Å². The SMILES string of the molecule is CCCNc1nsnc1Cc1cccnc1. The van der Waals surface area contributed by atoms with Crippen LogP contribution in [-0.2, 0) is 6.42 Å². The molecule has 0 spiro atoms. The first-order chi connectivity index (χ1) is 7.90. The van der Waals surface area contributed by atoms with Gasteiger partial charge in [0.15, 0.2) is 5.82 Å². The number of nitrogens with zero attached hydrogens (tertiary/aromatic N) is 3. The second-order valence-electron chi connectivity index (χ2n) is 3.52. The van der Waals surface area contributed by atoms with Crippen LogP contribution in [0.3, 0.4) is 0 Å². The molecule has 2 aromatic heterocycles. The van der Waals surface area contributed by atoms with Crippen molar-refractivity contribution in [1.82, 2.24) is 13.7 Å². The van der Waals surface area contributed by atoms with Crippen LogP contribution in [0.5, 0.6) is 0 Å². The Labute approximate surface area is 99.1 Å². The third-order valence-corrected chi connectivity index (χ3v) is 2.76. The molecule has 0 fully saturated rings. The molecule has 0 saturated carbocycles. The molecule has 0 aliphatic heterocycles. The van der Waals surface area contributed by atoms with Crippen molar-refractivity contribution in [3.63, 3.8) is 0 Å². The number of rotatable bonds is 5. The predicted octanol–water partition coefficient (Wildman–Crippen LogP) is 2.35. The van der Waals surface area contributed by atoms with E-state index < -0.39 is 0 Å². The summed E-state index contributed by atoms with van der Waals surface area (Å²) in [6.07, 6.45) is 5.52. The lowest BCUT2D eigenvalue weighted by atomic mass is 10.1. The van der Waals surface area contributed by atoms with Crippen molar-refractivity contribution in [3.05, 3.63) is 35.8 Å². The summed E-state index contributed by atoms with van der Waals surface area (Å²) in [4.78, 5) is 4.09. The largest absolute Gasteiger partial charge is 0.368 e. The van der Waals surface area contributed by atoms with Crippen LogP contribution in [0.1, 0.15) is 24.6 Å². The maximum Gasteiger partial charge on any atom is 0.163 e. The van der Waals surface area contributed by atoms with Crippen LogP contribution in [0, 0.1) is 0 Å². The Morgan fingerprint density at radius 3 is 3.06 bits per heavy atom. The number of nitrogens with one attached hydrogen (secondary N) is 1. The highest BCUT2D eigenvalue weighted by molar-refractivity contribution is 6.99. The second-order valence-corrected chi connectivity index (χ2v) is 4.05. The van der Waals surface area contributed by atoms with Gasteiger partial charge < -0.3 is 5.32 Å². The minimum absolute atomic E-state index is 0.788. The molecule has 0 aromatic carbocycles. The smallest absolute Gasteiger partial charge is 0.163 e. The van der Waals surface area contributed by atoms with Crippen molar-refractivity contribution < 1.29 is 0 Å². The van der Waals surface area contributed by atoms with E-state index in [0.717, 1.165) is 36.5 Å². The fourth-order valence-corrected chi connectivity index (χ4v) is 1.94. The molecule has 0 aliphatic rings. The van der Waals surface area contributed by atoms with Gasteiger partial charge in [0.05, 0.1) is 11.7 Å². The highest BCUT2D eigenvalue weighted by atomic mass is 32.1. The fourth-order valence-electron chi connectivity index (χ4n) is 1.40. The normalized spacial score (nSPS) is 10.3. The lowest BCUT2D eigenvalue weighted by Crippen LogP contribution is -2.03. The fraction of sp³-hybridized carbons (Fsp3) is 0.364. The molecule has 0 amide bonds. The van der Waals surface area contributed by atoms with Gasteiger partial charge in [-0.05, 0) is 18.1 Å². The summed E-state index contributed by atoms with van der Waals surface area (Å²) < 4.78 is 8.55. The van der Waals surface area contributed by atoms with Crippen LogP contribution in [0.15, 0.2) is 24.5 Å². The van der Waals surface area contributed by atoms with E-state index in [9.17, 15) is 0 Å². The maximum absolute atomic E-state index is 4.30. The van der Waals surface area contributed by atoms with Crippen LogP contribution in [0.2, 0.25) is 0 Å². The third-order valence-electron chi connectivity index (χ3n) is 2.19. The molecule has 16 heavy (non-hydrogen) atoms. The monoisotopic (exact) mass is 234 g/mol. The molecule has 2 aromatic rings. The molecule has 84 valence electrons. The summed E-state index contributed by atoms with van der Waals surface area (Å²) >= 11 is 1.25. The molecule has 0 radical (unpaired) electrons. The minimum Gasteiger partial charge on any atom is -0.368 e. The molecule has 0 saturated heterocycles. The summed E-state index contributed by atoms with van der Waals surface area (Å²) in [5.74, 6) is 0.913. The molecule has 0 atom stereocenters. The Morgan fingerprint density at radius 1 is 1.38 bits per heavy atom. The third kappa shape index (κ3) is 2.76. The molecule has 0 bridgehead atoms. The Balaban J connectivity index is 2.07. The van der Waals surface area contributed by atoms with Gasteiger partial charge in [0.2, 0.25) is 0 Å². The van der Waals surface area contributed by atoms with Gasteiger partial charge in [0.1, 0.15) is 5.69 Å². The summed E-state index contributed by atoms with van der Waals surface area (Å²) in [5, 5.41) is 3.28. The van der Waals surface area contributed by atoms with Gasteiger partial charge in [-0.1, -0.05) is 13.0 Å². The average molecular weight is 234 g/mol. The van der Waals surface area contributed by atoms with E-state index in [1.165, 1.54) is 11.7 Å². The van der Waals surface area contributed by atoms with E-state index in [-0.39, 0.29) is 0 Å². The molecule has 1 N–H and O–H groups in total. The van der Waals surface area contributed by atoms with E-state index in [1.54, 1.807) is 6.20 Å². The van der Waals surface area contributed by atoms with Gasteiger partial charge in [0, 0.05) is 25.4 Å². The molecule has 5 heteroatoms. The highest BCUT2D eigenvalue weighted by Crippen LogP contribution is 2.16. The molecular formula is C11H14N4S. The van der Waals surface area contributed by atoms with Crippen molar-refractivity contribution in [2.24, 2.45) is 0 Å². The molecule has 4 nitrogen and oxygen atoms in total. The maximum atomic E-state index is 4.30. The molecule has 0 aliphatic carbocycles. The van der Waals surface area contributed by atoms with Crippen molar-refractivity contribution in [2.75, 3.05) is 11.9 Å². The van der Waals surface area contributed by atoms with Crippen molar-refractivity contribution in [2.45, 2.75) is 19.8 Å². The lowest BCUT2D eigenvalue weighted by molar-refractivity contribution is 0.964. The zero-order valence-electron chi connectivity index (χ0n) is 9.18. The quantitative estimate of drug-likeness (QED) is 0.862. The van der Waals surface area contributed by atoms with Crippen LogP contribution in [0.4, 0.5) is 5.82 Å². The average Bonchev–Trinajstić information content (AvgIpc) is 2.75. The zero-order valence-corrected chi connectivity index (χ0v) is 10.00. The first-order valence-electron chi connectivity index (χ1n) is 5.34. The number of pyridine rings is 1. The number of anilines is 1. The van der Waals surface area contributed by atoms with Crippen molar-refractivity contribution in [1.29, 1.82) is 0 Å². The summed E-state index contributed by atoms with van der Waals surface area (Å²) in [6, 6.07) is 3.99. The van der Waals surface area contributed by atoms with E-state index in [0.29, 0.717) is 0 Å². The second kappa shape index (κ2) is 5.55. The number of aromatic nitrogens is 3. The van der Waals surface area contributed by atoms with E-state index in [1.807, 2.05) is 12.3 Å². The van der Waals surface area contributed by atoms with E-state index in [4.69, 9.17) is 0 Å². The summed E-state index contributed by atoms with van der Waals surface area (Å²) in [7, 11) is 0. The topological polar surface area (TPSA) is 50.7 Å². The first-order valence-corrected chi connectivity index (χ1v) is 6.07.